The minimum atomic E-state index is -0.428. The van der Waals surface area contributed by atoms with Crippen LogP contribution in [0.3, 0.4) is 0 Å². The third-order valence-electron chi connectivity index (χ3n) is 2.13. The molecule has 1 aromatic heterocycles. The second kappa shape index (κ2) is 3.49. The molecule has 5 heteroatoms. The van der Waals surface area contributed by atoms with Gasteiger partial charge in [-0.1, -0.05) is 6.07 Å². The van der Waals surface area contributed by atoms with E-state index in [1.165, 1.54) is 0 Å². The molecular weight excluding hydrogens is 248 g/mol. The highest BCUT2D eigenvalue weighted by Crippen LogP contribution is 2.29. The van der Waals surface area contributed by atoms with Crippen molar-refractivity contribution >= 4 is 28.0 Å². The number of imide groups is 1. The lowest BCUT2D eigenvalue weighted by Crippen LogP contribution is -2.19. The van der Waals surface area contributed by atoms with Crippen molar-refractivity contribution in [3.05, 3.63) is 30.1 Å². The molecule has 1 unspecified atom stereocenters. The maximum absolute atomic E-state index is 11.5. The van der Waals surface area contributed by atoms with Gasteiger partial charge in [-0.2, -0.15) is 0 Å². The maximum atomic E-state index is 11.5. The van der Waals surface area contributed by atoms with Crippen LogP contribution >= 0.6 is 16.1 Å². The Morgan fingerprint density at radius 1 is 1.43 bits per heavy atom. The third kappa shape index (κ3) is 1.43. The molecule has 1 aromatic rings. The molecule has 0 bridgehead atoms. The Kier molecular flexibility index (Phi) is 2.33. The van der Waals surface area contributed by atoms with Crippen LogP contribution in [-0.2, 0) is 9.59 Å². The third-order valence-corrected chi connectivity index (χ3v) is 2.88. The predicted octanol–water partition coefficient (Wildman–Crippen LogP) is 1.23. The summed E-state index contributed by atoms with van der Waals surface area (Å²) >= 11 is 2.91. The molecule has 0 N–H and O–H groups in total. The summed E-state index contributed by atoms with van der Waals surface area (Å²) in [5, 5.41) is 0. The molecule has 0 spiro atoms. The van der Waals surface area contributed by atoms with Gasteiger partial charge in [0.1, 0.15) is 0 Å². The topological polar surface area (TPSA) is 50.3 Å². The van der Waals surface area contributed by atoms with E-state index in [0.717, 1.165) is 3.93 Å². The van der Waals surface area contributed by atoms with Gasteiger partial charge < -0.3 is 0 Å². The number of pyridine rings is 1. The molecule has 1 saturated heterocycles. The van der Waals surface area contributed by atoms with Gasteiger partial charge in [-0.3, -0.25) is 14.6 Å². The van der Waals surface area contributed by atoms with Crippen LogP contribution < -0.4 is 0 Å². The number of hydrogen-bond donors (Lipinski definition) is 0. The van der Waals surface area contributed by atoms with E-state index in [9.17, 15) is 9.59 Å². The Labute approximate surface area is 89.3 Å². The Morgan fingerprint density at radius 2 is 2.21 bits per heavy atom. The van der Waals surface area contributed by atoms with E-state index >= 15 is 0 Å². The number of nitrogens with zero attached hydrogens (tertiary/aromatic N) is 2. The molecule has 2 heterocycles. The van der Waals surface area contributed by atoms with Crippen LogP contribution in [0.25, 0.3) is 0 Å². The SMILES string of the molecule is O=C1CC(c2ccccn2)C(=O)N1Br. The van der Waals surface area contributed by atoms with Crippen molar-refractivity contribution in [2.45, 2.75) is 12.3 Å². The van der Waals surface area contributed by atoms with Crippen molar-refractivity contribution in [3.63, 3.8) is 0 Å². The predicted molar refractivity (Wildman–Crippen MR) is 52.4 cm³/mol. The molecule has 72 valence electrons. The summed E-state index contributed by atoms with van der Waals surface area (Å²) in [6.45, 7) is 0. The highest BCUT2D eigenvalue weighted by Gasteiger charge is 2.39. The zero-order valence-corrected chi connectivity index (χ0v) is 8.77. The van der Waals surface area contributed by atoms with E-state index in [1.807, 2.05) is 0 Å². The highest BCUT2D eigenvalue weighted by molar-refractivity contribution is 9.08. The number of rotatable bonds is 1. The number of halogens is 1. The van der Waals surface area contributed by atoms with Gasteiger partial charge in [-0.25, -0.2) is 3.93 Å². The van der Waals surface area contributed by atoms with Gasteiger partial charge in [-0.15, -0.1) is 0 Å². The molecule has 4 nitrogen and oxygen atoms in total. The van der Waals surface area contributed by atoms with E-state index in [1.54, 1.807) is 24.4 Å². The number of carbonyl (C=O) groups is 2. The summed E-state index contributed by atoms with van der Waals surface area (Å²) in [4.78, 5) is 26.8. The lowest BCUT2D eigenvalue weighted by molar-refractivity contribution is -0.131. The second-order valence-corrected chi connectivity index (χ2v) is 3.73. The van der Waals surface area contributed by atoms with Gasteiger partial charge in [-0.05, 0) is 12.1 Å². The monoisotopic (exact) mass is 254 g/mol. The lowest BCUT2D eigenvalue weighted by atomic mass is 10.0. The van der Waals surface area contributed by atoms with E-state index in [2.05, 4.69) is 21.1 Å². The van der Waals surface area contributed by atoms with Crippen molar-refractivity contribution in [2.75, 3.05) is 0 Å². The number of amides is 2. The van der Waals surface area contributed by atoms with E-state index in [0.29, 0.717) is 5.69 Å². The molecule has 1 fully saturated rings. The fraction of sp³-hybridized carbons (Fsp3) is 0.222. The highest BCUT2D eigenvalue weighted by atomic mass is 79.9. The molecule has 0 radical (unpaired) electrons. The van der Waals surface area contributed by atoms with Crippen molar-refractivity contribution in [3.8, 4) is 0 Å². The first-order valence-electron chi connectivity index (χ1n) is 4.13. The largest absolute Gasteiger partial charge is 0.273 e. The van der Waals surface area contributed by atoms with Crippen LogP contribution in [0, 0.1) is 0 Å². The van der Waals surface area contributed by atoms with Crippen LogP contribution in [0.2, 0.25) is 0 Å². The summed E-state index contributed by atoms with van der Waals surface area (Å²) in [6.07, 6.45) is 1.81. The van der Waals surface area contributed by atoms with Crippen LogP contribution in [-0.4, -0.2) is 20.7 Å². The molecule has 1 aliphatic heterocycles. The van der Waals surface area contributed by atoms with E-state index < -0.39 is 5.92 Å². The number of hydrogen-bond acceptors (Lipinski definition) is 3. The summed E-state index contributed by atoms with van der Waals surface area (Å²) in [6, 6.07) is 5.33. The molecule has 0 aromatic carbocycles. The summed E-state index contributed by atoms with van der Waals surface area (Å²) < 4.78 is 0.979. The number of aromatic nitrogens is 1. The first-order valence-corrected chi connectivity index (χ1v) is 4.84. The van der Waals surface area contributed by atoms with Crippen molar-refractivity contribution in [1.82, 2.24) is 8.91 Å². The molecule has 1 atom stereocenters. The average molecular weight is 255 g/mol. The van der Waals surface area contributed by atoms with Gasteiger partial charge >= 0.3 is 0 Å². The Hall–Kier alpha value is -1.23. The smallest absolute Gasteiger partial charge is 0.249 e. The Morgan fingerprint density at radius 3 is 2.71 bits per heavy atom. The van der Waals surface area contributed by atoms with Crippen molar-refractivity contribution in [2.24, 2.45) is 0 Å². The normalized spacial score (nSPS) is 21.8. The second-order valence-electron chi connectivity index (χ2n) is 3.02. The molecule has 0 saturated carbocycles. The Bertz CT molecular complexity index is 380. The average Bonchev–Trinajstić information content (AvgIpc) is 2.47. The Balaban J connectivity index is 2.30. The zero-order valence-electron chi connectivity index (χ0n) is 7.18. The summed E-state index contributed by atoms with van der Waals surface area (Å²) in [7, 11) is 0. The quantitative estimate of drug-likeness (QED) is 0.560. The molecule has 2 amide bonds. The first-order chi connectivity index (χ1) is 6.70. The minimum Gasteiger partial charge on any atom is -0.273 e. The van der Waals surface area contributed by atoms with Crippen LogP contribution in [0.1, 0.15) is 18.0 Å². The molecule has 0 aliphatic carbocycles. The van der Waals surface area contributed by atoms with Crippen molar-refractivity contribution in [1.29, 1.82) is 0 Å². The van der Waals surface area contributed by atoms with E-state index in [4.69, 9.17) is 0 Å². The fourth-order valence-electron chi connectivity index (χ4n) is 1.41. The first kappa shape index (κ1) is 9.33. The zero-order chi connectivity index (χ0) is 10.1. The lowest BCUT2D eigenvalue weighted by Gasteiger charge is -2.05. The fourth-order valence-corrected chi connectivity index (χ4v) is 1.81. The van der Waals surface area contributed by atoms with Gasteiger partial charge in [0.2, 0.25) is 11.8 Å². The van der Waals surface area contributed by atoms with Crippen LogP contribution in [0.4, 0.5) is 0 Å². The van der Waals surface area contributed by atoms with Crippen LogP contribution in [0.15, 0.2) is 24.4 Å². The van der Waals surface area contributed by atoms with E-state index in [-0.39, 0.29) is 18.2 Å². The standard InChI is InChI=1S/C9H7BrN2O2/c10-12-8(13)5-6(9(12)14)7-3-1-2-4-11-7/h1-4,6H,5H2. The van der Waals surface area contributed by atoms with Gasteiger partial charge in [0.25, 0.3) is 0 Å². The van der Waals surface area contributed by atoms with Gasteiger partial charge in [0.15, 0.2) is 0 Å². The van der Waals surface area contributed by atoms with Gasteiger partial charge in [0, 0.05) is 12.6 Å². The summed E-state index contributed by atoms with van der Waals surface area (Å²) in [5.74, 6) is -0.887. The minimum absolute atomic E-state index is 0.196. The molecular formula is C9H7BrN2O2. The van der Waals surface area contributed by atoms with Crippen LogP contribution in [0.5, 0.6) is 0 Å². The summed E-state index contributed by atoms with van der Waals surface area (Å²) in [5.41, 5.74) is 0.646. The van der Waals surface area contributed by atoms with Crippen molar-refractivity contribution < 1.29 is 9.59 Å². The molecule has 2 rings (SSSR count). The number of carbonyl (C=O) groups excluding carboxylic acids is 2. The molecule has 14 heavy (non-hydrogen) atoms. The van der Waals surface area contributed by atoms with Gasteiger partial charge in [0.05, 0.1) is 27.8 Å². The maximum Gasteiger partial charge on any atom is 0.249 e. The molecule has 1 aliphatic rings.